The summed E-state index contributed by atoms with van der Waals surface area (Å²) in [4.78, 5) is 71.9. The first-order valence-electron chi connectivity index (χ1n) is 20.5. The van der Waals surface area contributed by atoms with Crippen molar-refractivity contribution >= 4 is 38.9 Å². The Morgan fingerprint density at radius 1 is 0.885 bits per heavy atom. The summed E-state index contributed by atoms with van der Waals surface area (Å²) in [6, 6.07) is -0.670. The first kappa shape index (κ1) is 41.0. The fourth-order valence-corrected chi connectivity index (χ4v) is 12.1. The van der Waals surface area contributed by atoms with Gasteiger partial charge in [-0.3, -0.25) is 24.0 Å². The van der Waals surface area contributed by atoms with E-state index < -0.39 is 54.9 Å². The van der Waals surface area contributed by atoms with Crippen molar-refractivity contribution < 1.29 is 32.4 Å². The number of allylic oxidation sites excluding steroid dienone is 1. The van der Waals surface area contributed by atoms with Crippen LogP contribution in [0.15, 0.2) is 12.7 Å². The second-order valence-electron chi connectivity index (χ2n) is 19.7. The van der Waals surface area contributed by atoms with Crippen LogP contribution in [0.3, 0.4) is 0 Å². The highest BCUT2D eigenvalue weighted by Gasteiger charge is 2.69. The standard InChI is InChI=1S/C43H67NO7S/c1-8-9-16-34(46)38(48)30(23-29-17-18-29)24-35(47)37-36-33(41(36,5)6)27-44(37)39(49)32(42(7)19-12-10-13-20-42)25-31(45)26-43(21-14-11-15-22-43)28-52(50,51)40(2,3)4/h8,29-30,32-33,36-37H,1,9-28H2,2-7H3/t30-,32-,33?,36?,37-/m1/s1. The Kier molecular flexibility index (Phi) is 12.2. The number of hydrogen-bond donors (Lipinski definition) is 0. The second-order valence-corrected chi connectivity index (χ2v) is 22.4. The quantitative estimate of drug-likeness (QED) is 0.103. The molecule has 0 N–H and O–H groups in total. The lowest BCUT2D eigenvalue weighted by Gasteiger charge is -2.44. The molecule has 8 nitrogen and oxygen atoms in total. The highest BCUT2D eigenvalue weighted by molar-refractivity contribution is 7.92. The molecule has 5 atom stereocenters. The van der Waals surface area contributed by atoms with Gasteiger partial charge >= 0.3 is 0 Å². The van der Waals surface area contributed by atoms with Crippen molar-refractivity contribution in [3.8, 4) is 0 Å². The Morgan fingerprint density at radius 3 is 2.04 bits per heavy atom. The number of carbonyl (C=O) groups is 5. The van der Waals surface area contributed by atoms with Gasteiger partial charge in [0, 0.05) is 38.1 Å². The van der Waals surface area contributed by atoms with E-state index in [9.17, 15) is 27.6 Å². The normalized spacial score (nSPS) is 27.6. The molecule has 5 aliphatic rings. The third-order valence-electron chi connectivity index (χ3n) is 14.3. The van der Waals surface area contributed by atoms with Crippen LogP contribution in [0, 0.1) is 45.8 Å². The van der Waals surface area contributed by atoms with Crippen molar-refractivity contribution in [2.45, 2.75) is 168 Å². The Balaban J connectivity index is 1.40. The summed E-state index contributed by atoms with van der Waals surface area (Å²) < 4.78 is 26.1. The first-order valence-corrected chi connectivity index (χ1v) is 22.2. The molecule has 0 aromatic heterocycles. The number of likely N-dealkylation sites (tertiary alicyclic amines) is 1. The molecule has 0 spiro atoms. The zero-order chi connectivity index (χ0) is 38.3. The molecule has 1 amide bonds. The number of nitrogens with zero attached hydrogens (tertiary/aromatic N) is 1. The molecule has 1 aliphatic heterocycles. The number of Topliss-reactive ketones (excluding diaryl/α,β-unsaturated/α-hetero) is 4. The van der Waals surface area contributed by atoms with Crippen LogP contribution in [0.1, 0.15) is 157 Å². The molecule has 0 bridgehead atoms. The third-order valence-corrected chi connectivity index (χ3v) is 17.1. The molecule has 1 heterocycles. The maximum absolute atomic E-state index is 15.0. The predicted octanol–water partition coefficient (Wildman–Crippen LogP) is 8.05. The summed E-state index contributed by atoms with van der Waals surface area (Å²) in [6.07, 6.45) is 13.8. The monoisotopic (exact) mass is 741 g/mol. The minimum Gasteiger partial charge on any atom is -0.332 e. The fraction of sp³-hybridized carbons (Fsp3) is 0.837. The van der Waals surface area contributed by atoms with Crippen LogP contribution in [-0.2, 0) is 33.8 Å². The van der Waals surface area contributed by atoms with E-state index >= 15 is 4.79 Å². The number of carbonyl (C=O) groups excluding carboxylic acids is 5. The zero-order valence-corrected chi connectivity index (χ0v) is 33.9. The summed E-state index contributed by atoms with van der Waals surface area (Å²) in [7, 11) is -3.47. The Hall–Kier alpha value is -2.16. The highest BCUT2D eigenvalue weighted by atomic mass is 32.2. The third kappa shape index (κ3) is 8.86. The van der Waals surface area contributed by atoms with E-state index in [4.69, 9.17) is 0 Å². The van der Waals surface area contributed by atoms with E-state index in [0.29, 0.717) is 38.1 Å². The SMILES string of the molecule is C=CCCC(=O)C(=O)[C@@H](CC(=O)[C@@H]1C2C(CN1C(=O)[C@@H](CC(=O)CC1(CS(=O)(=O)C(C)(C)C)CCCCC1)C1(C)CCCCC1)C2(C)C)CC1CC1. The average molecular weight is 742 g/mol. The van der Waals surface area contributed by atoms with Gasteiger partial charge in [-0.25, -0.2) is 8.42 Å². The lowest BCUT2D eigenvalue weighted by molar-refractivity contribution is -0.150. The van der Waals surface area contributed by atoms with E-state index in [0.717, 1.165) is 64.2 Å². The van der Waals surface area contributed by atoms with Gasteiger partial charge in [0.25, 0.3) is 0 Å². The van der Waals surface area contributed by atoms with E-state index in [1.54, 1.807) is 31.7 Å². The Labute approximate surface area is 314 Å². The summed E-state index contributed by atoms with van der Waals surface area (Å²) in [5.74, 6) is -1.99. The minimum absolute atomic E-state index is 0.0108. The molecule has 5 fully saturated rings. The van der Waals surface area contributed by atoms with Crippen molar-refractivity contribution in [2.24, 2.45) is 45.8 Å². The maximum Gasteiger partial charge on any atom is 0.227 e. The van der Waals surface area contributed by atoms with E-state index in [1.165, 1.54) is 0 Å². The van der Waals surface area contributed by atoms with Crippen LogP contribution in [0.25, 0.3) is 0 Å². The number of rotatable bonds is 18. The van der Waals surface area contributed by atoms with Gasteiger partial charge < -0.3 is 4.90 Å². The van der Waals surface area contributed by atoms with Crippen molar-refractivity contribution in [3.63, 3.8) is 0 Å². The van der Waals surface area contributed by atoms with Crippen LogP contribution in [0.2, 0.25) is 0 Å². The van der Waals surface area contributed by atoms with Gasteiger partial charge in [-0.15, -0.1) is 6.58 Å². The second kappa shape index (κ2) is 15.5. The van der Waals surface area contributed by atoms with Gasteiger partial charge in [0.2, 0.25) is 11.7 Å². The van der Waals surface area contributed by atoms with Crippen molar-refractivity contribution in [3.05, 3.63) is 12.7 Å². The lowest BCUT2D eigenvalue weighted by atomic mass is 9.64. The Morgan fingerprint density at radius 2 is 1.48 bits per heavy atom. The molecule has 292 valence electrons. The molecule has 4 aliphatic carbocycles. The molecule has 1 saturated heterocycles. The number of amides is 1. The van der Waals surface area contributed by atoms with Crippen LogP contribution in [-0.4, -0.2) is 65.4 Å². The van der Waals surface area contributed by atoms with Crippen LogP contribution in [0.4, 0.5) is 0 Å². The molecule has 2 unspecified atom stereocenters. The Bertz CT molecular complexity index is 1500. The highest BCUT2D eigenvalue weighted by Crippen LogP contribution is 2.65. The summed E-state index contributed by atoms with van der Waals surface area (Å²) >= 11 is 0. The molecule has 0 aromatic carbocycles. The molecule has 4 saturated carbocycles. The lowest BCUT2D eigenvalue weighted by Crippen LogP contribution is -2.52. The van der Waals surface area contributed by atoms with Crippen molar-refractivity contribution in [1.82, 2.24) is 4.90 Å². The fourth-order valence-electron chi connectivity index (χ4n) is 10.4. The van der Waals surface area contributed by atoms with E-state index in [-0.39, 0.29) is 66.2 Å². The van der Waals surface area contributed by atoms with Gasteiger partial charge in [0.05, 0.1) is 22.5 Å². The molecule has 0 radical (unpaired) electrons. The molecular weight excluding hydrogens is 675 g/mol. The number of fused-ring (bicyclic) bond motifs is 1. The molecular formula is C43H67NO7S. The number of sulfone groups is 1. The minimum atomic E-state index is -3.47. The van der Waals surface area contributed by atoms with Gasteiger partial charge in [-0.05, 0) is 93.3 Å². The van der Waals surface area contributed by atoms with Crippen molar-refractivity contribution in [1.29, 1.82) is 0 Å². The largest absolute Gasteiger partial charge is 0.332 e. The van der Waals surface area contributed by atoms with Gasteiger partial charge in [0.1, 0.15) is 5.78 Å². The molecule has 9 heteroatoms. The summed E-state index contributed by atoms with van der Waals surface area (Å²) in [5, 5.41) is 0. The first-order chi connectivity index (χ1) is 24.3. The summed E-state index contributed by atoms with van der Waals surface area (Å²) in [6.45, 7) is 15.7. The predicted molar refractivity (Wildman–Crippen MR) is 204 cm³/mol. The van der Waals surface area contributed by atoms with Gasteiger partial charge in [0.15, 0.2) is 21.4 Å². The molecule has 52 heavy (non-hydrogen) atoms. The average Bonchev–Trinajstić information content (AvgIpc) is 3.92. The topological polar surface area (TPSA) is 123 Å². The number of piperidine rings is 1. The van der Waals surface area contributed by atoms with Crippen LogP contribution < -0.4 is 0 Å². The van der Waals surface area contributed by atoms with E-state index in [2.05, 4.69) is 27.4 Å². The van der Waals surface area contributed by atoms with Crippen LogP contribution in [0.5, 0.6) is 0 Å². The van der Waals surface area contributed by atoms with E-state index in [1.807, 2.05) is 0 Å². The zero-order valence-electron chi connectivity index (χ0n) is 33.1. The van der Waals surface area contributed by atoms with Crippen LogP contribution >= 0.6 is 0 Å². The summed E-state index contributed by atoms with van der Waals surface area (Å²) in [5.41, 5.74) is -1.13. The molecule has 5 rings (SSSR count). The number of hydrogen-bond acceptors (Lipinski definition) is 7. The number of ketones is 4. The van der Waals surface area contributed by atoms with Crippen molar-refractivity contribution in [2.75, 3.05) is 12.3 Å². The smallest absolute Gasteiger partial charge is 0.227 e. The van der Waals surface area contributed by atoms with Gasteiger partial charge in [-0.2, -0.15) is 0 Å². The molecule has 0 aromatic rings. The maximum atomic E-state index is 15.0. The van der Waals surface area contributed by atoms with Gasteiger partial charge in [-0.1, -0.05) is 78.2 Å².